The lowest BCUT2D eigenvalue weighted by molar-refractivity contribution is -0.114. The van der Waals surface area contributed by atoms with Crippen molar-refractivity contribution >= 4 is 56.6 Å². The predicted molar refractivity (Wildman–Crippen MR) is 139 cm³/mol. The van der Waals surface area contributed by atoms with Gasteiger partial charge in [0.25, 0.3) is 5.91 Å². The zero-order chi connectivity index (χ0) is 23.2. The number of rotatable bonds is 8. The van der Waals surface area contributed by atoms with Gasteiger partial charge in [0.05, 0.1) is 12.2 Å². The number of nitrogens with zero attached hydrogens (tertiary/aromatic N) is 4. The van der Waals surface area contributed by atoms with Crippen LogP contribution in [0.5, 0.6) is 5.75 Å². The summed E-state index contributed by atoms with van der Waals surface area (Å²) < 4.78 is 6.45. The Morgan fingerprint density at radius 1 is 1.12 bits per heavy atom. The van der Waals surface area contributed by atoms with Gasteiger partial charge >= 0.3 is 0 Å². The van der Waals surface area contributed by atoms with Crippen LogP contribution in [-0.4, -0.2) is 51.7 Å². The number of anilines is 1. The Balaban J connectivity index is 1.40. The molecule has 0 saturated heterocycles. The smallest absolute Gasteiger partial charge is 0.283 e. The minimum atomic E-state index is -0.416. The number of hydrazone groups is 1. The summed E-state index contributed by atoms with van der Waals surface area (Å²) >= 11 is 2.83. The number of para-hydroxylation sites is 1. The molecule has 2 aromatic carbocycles. The van der Waals surface area contributed by atoms with Crippen LogP contribution in [0.15, 0.2) is 70.3 Å². The quantitative estimate of drug-likeness (QED) is 0.427. The number of nitrogens with one attached hydrogen (secondary N) is 1. The molecule has 7 nitrogen and oxygen atoms in total. The third-order valence-corrected chi connectivity index (χ3v) is 7.10. The highest BCUT2D eigenvalue weighted by molar-refractivity contribution is 8.45. The maximum atomic E-state index is 12.6. The number of carbonyl (C=O) groups excluding carboxylic acids is 1. The van der Waals surface area contributed by atoms with Crippen molar-refractivity contribution in [3.63, 3.8) is 0 Å². The van der Waals surface area contributed by atoms with Crippen LogP contribution in [0.4, 0.5) is 5.69 Å². The molecule has 0 unspecified atom stereocenters. The van der Waals surface area contributed by atoms with Crippen LogP contribution in [0, 0.1) is 5.41 Å². The number of amidine groups is 2. The van der Waals surface area contributed by atoms with Crippen LogP contribution in [0.3, 0.4) is 0 Å². The molecule has 0 saturated carbocycles. The SMILES string of the molecule is CCN(CC)c1ccc(/C=C2/C(=N)N3N=C(SCCOc4ccccc4)SC3=NC2=O)cc1. The zero-order valence-electron chi connectivity index (χ0n) is 18.5. The molecule has 0 spiro atoms. The summed E-state index contributed by atoms with van der Waals surface area (Å²) in [5.74, 6) is 1.15. The Morgan fingerprint density at radius 2 is 1.85 bits per heavy atom. The summed E-state index contributed by atoms with van der Waals surface area (Å²) in [5.41, 5.74) is 2.21. The first kappa shape index (κ1) is 23.1. The molecule has 1 N–H and O–H groups in total. The van der Waals surface area contributed by atoms with E-state index in [9.17, 15) is 4.79 Å². The summed E-state index contributed by atoms with van der Waals surface area (Å²) in [5, 5.41) is 14.9. The Kier molecular flexibility index (Phi) is 7.51. The molecule has 2 aliphatic heterocycles. The van der Waals surface area contributed by atoms with Gasteiger partial charge in [0.2, 0.25) is 5.17 Å². The van der Waals surface area contributed by atoms with Gasteiger partial charge in [0, 0.05) is 24.5 Å². The van der Waals surface area contributed by atoms with E-state index in [-0.39, 0.29) is 11.4 Å². The number of amides is 1. The summed E-state index contributed by atoms with van der Waals surface area (Å²) in [4.78, 5) is 19.0. The molecule has 33 heavy (non-hydrogen) atoms. The largest absolute Gasteiger partial charge is 0.493 e. The lowest BCUT2D eigenvalue weighted by Gasteiger charge is -2.21. The Bertz CT molecular complexity index is 1110. The van der Waals surface area contributed by atoms with E-state index in [1.807, 2.05) is 54.6 Å². The van der Waals surface area contributed by atoms with Gasteiger partial charge in [-0.15, -0.1) is 5.10 Å². The van der Waals surface area contributed by atoms with E-state index < -0.39 is 5.91 Å². The predicted octanol–water partition coefficient (Wildman–Crippen LogP) is 4.92. The molecule has 0 bridgehead atoms. The molecule has 0 radical (unpaired) electrons. The van der Waals surface area contributed by atoms with Gasteiger partial charge in [-0.1, -0.05) is 42.1 Å². The first-order valence-corrected chi connectivity index (χ1v) is 12.5. The molecule has 0 fully saturated rings. The van der Waals surface area contributed by atoms with E-state index >= 15 is 0 Å². The lowest BCUT2D eigenvalue weighted by atomic mass is 10.1. The minimum Gasteiger partial charge on any atom is -0.493 e. The Morgan fingerprint density at radius 3 is 2.55 bits per heavy atom. The summed E-state index contributed by atoms with van der Waals surface area (Å²) in [6, 6.07) is 17.6. The van der Waals surface area contributed by atoms with Crippen LogP contribution in [0.25, 0.3) is 6.08 Å². The molecule has 0 aromatic heterocycles. The number of carbonyl (C=O) groups is 1. The van der Waals surface area contributed by atoms with Gasteiger partial charge in [-0.3, -0.25) is 10.2 Å². The van der Waals surface area contributed by atoms with Gasteiger partial charge in [-0.25, -0.2) is 0 Å². The molecule has 4 rings (SSSR count). The van der Waals surface area contributed by atoms with Crippen molar-refractivity contribution in [3.8, 4) is 5.75 Å². The maximum Gasteiger partial charge on any atom is 0.283 e. The van der Waals surface area contributed by atoms with E-state index in [1.165, 1.54) is 28.5 Å². The van der Waals surface area contributed by atoms with Gasteiger partial charge in [-0.05, 0) is 61.5 Å². The number of benzene rings is 2. The number of aliphatic imine (C=N–C) groups is 1. The second-order valence-electron chi connectivity index (χ2n) is 7.16. The number of fused-ring (bicyclic) bond motifs is 1. The highest BCUT2D eigenvalue weighted by Crippen LogP contribution is 2.32. The molecule has 2 aliphatic rings. The van der Waals surface area contributed by atoms with Gasteiger partial charge in [-0.2, -0.15) is 10.0 Å². The standard InChI is InChI=1S/C24H25N5O2S2/c1-3-28(4-2)18-12-10-17(11-13-18)16-20-21(25)29-23(26-22(20)30)33-24(27-29)32-15-14-31-19-8-6-5-7-9-19/h5-13,16,25H,3-4,14-15H2,1-2H3/b20-16-,25-21?. The summed E-state index contributed by atoms with van der Waals surface area (Å²) in [6.07, 6.45) is 1.70. The average molecular weight is 480 g/mol. The molecule has 0 aliphatic carbocycles. The molecule has 1 amide bonds. The van der Waals surface area contributed by atoms with Crippen molar-refractivity contribution < 1.29 is 9.53 Å². The van der Waals surface area contributed by atoms with Crippen LogP contribution in [-0.2, 0) is 4.79 Å². The molecule has 0 atom stereocenters. The molecule has 9 heteroatoms. The number of hydrogen-bond acceptors (Lipinski definition) is 7. The normalized spacial score (nSPS) is 16.5. The van der Waals surface area contributed by atoms with Crippen molar-refractivity contribution in [2.24, 2.45) is 10.1 Å². The monoisotopic (exact) mass is 479 g/mol. The van der Waals surface area contributed by atoms with Gasteiger partial charge in [0.15, 0.2) is 10.2 Å². The summed E-state index contributed by atoms with van der Waals surface area (Å²) in [6.45, 7) is 6.64. The topological polar surface area (TPSA) is 81.3 Å². The number of ether oxygens (including phenoxy) is 1. The highest BCUT2D eigenvalue weighted by atomic mass is 32.2. The molecular weight excluding hydrogens is 454 g/mol. The van der Waals surface area contributed by atoms with E-state index in [0.29, 0.717) is 17.5 Å². The van der Waals surface area contributed by atoms with Crippen LogP contribution < -0.4 is 9.64 Å². The first-order chi connectivity index (χ1) is 16.1. The second-order valence-corrected chi connectivity index (χ2v) is 9.46. The van der Waals surface area contributed by atoms with Crippen LogP contribution in [0.2, 0.25) is 0 Å². The van der Waals surface area contributed by atoms with E-state index in [0.717, 1.165) is 34.5 Å². The molecule has 2 aromatic rings. The minimum absolute atomic E-state index is 0.0430. The van der Waals surface area contributed by atoms with Crippen molar-refractivity contribution in [1.29, 1.82) is 5.41 Å². The average Bonchev–Trinajstić information content (AvgIpc) is 3.25. The fraction of sp³-hybridized carbons (Fsp3) is 0.250. The van der Waals surface area contributed by atoms with Crippen molar-refractivity contribution in [1.82, 2.24) is 5.01 Å². The van der Waals surface area contributed by atoms with Crippen LogP contribution in [0.1, 0.15) is 19.4 Å². The Hall–Kier alpha value is -3.04. The highest BCUT2D eigenvalue weighted by Gasteiger charge is 2.35. The van der Waals surface area contributed by atoms with Gasteiger partial charge < -0.3 is 9.64 Å². The van der Waals surface area contributed by atoms with Crippen LogP contribution >= 0.6 is 23.5 Å². The van der Waals surface area contributed by atoms with Gasteiger partial charge in [0.1, 0.15) is 5.75 Å². The number of thioether (sulfide) groups is 2. The van der Waals surface area contributed by atoms with Crippen molar-refractivity contribution in [2.75, 3.05) is 30.3 Å². The zero-order valence-corrected chi connectivity index (χ0v) is 20.2. The second kappa shape index (κ2) is 10.7. The van der Waals surface area contributed by atoms with E-state index in [4.69, 9.17) is 10.1 Å². The third-order valence-electron chi connectivity index (χ3n) is 5.09. The molecular formula is C24H25N5O2S2. The third kappa shape index (κ3) is 5.48. The summed E-state index contributed by atoms with van der Waals surface area (Å²) in [7, 11) is 0. The maximum absolute atomic E-state index is 12.6. The first-order valence-electron chi connectivity index (χ1n) is 10.7. The van der Waals surface area contributed by atoms with E-state index in [1.54, 1.807) is 6.08 Å². The fourth-order valence-corrected chi connectivity index (χ4v) is 5.19. The van der Waals surface area contributed by atoms with Crippen molar-refractivity contribution in [3.05, 3.63) is 65.7 Å². The van der Waals surface area contributed by atoms with E-state index in [2.05, 4.69) is 28.8 Å². The molecule has 170 valence electrons. The molecule has 2 heterocycles. The lowest BCUT2D eigenvalue weighted by Crippen LogP contribution is -2.35. The number of hydrogen-bond donors (Lipinski definition) is 1. The Labute approximate surface area is 202 Å². The van der Waals surface area contributed by atoms with Crippen molar-refractivity contribution in [2.45, 2.75) is 13.8 Å². The fourth-order valence-electron chi connectivity index (χ4n) is 3.37.